The van der Waals surface area contributed by atoms with Gasteiger partial charge >= 0.3 is 0 Å². The van der Waals surface area contributed by atoms with Gasteiger partial charge in [-0.1, -0.05) is 11.6 Å². The molecule has 0 spiro atoms. The molecule has 0 unspecified atom stereocenters. The van der Waals surface area contributed by atoms with Crippen molar-refractivity contribution < 1.29 is 4.39 Å². The lowest BCUT2D eigenvalue weighted by Crippen LogP contribution is -1.98. The highest BCUT2D eigenvalue weighted by Crippen LogP contribution is 2.36. The van der Waals surface area contributed by atoms with Crippen LogP contribution in [0.15, 0.2) is 18.2 Å². The van der Waals surface area contributed by atoms with E-state index in [-0.39, 0.29) is 5.82 Å². The van der Waals surface area contributed by atoms with Crippen molar-refractivity contribution in [1.82, 2.24) is 9.97 Å². The van der Waals surface area contributed by atoms with Gasteiger partial charge in [0.05, 0.1) is 10.4 Å². The number of rotatable bonds is 2. The predicted molar refractivity (Wildman–Crippen MR) is 86.8 cm³/mol. The van der Waals surface area contributed by atoms with E-state index < -0.39 is 0 Å². The average molecular weight is 322 g/mol. The minimum Gasteiger partial charge on any atom is -0.372 e. The number of fused-ring (bicyclic) bond motifs is 1. The summed E-state index contributed by atoms with van der Waals surface area (Å²) in [4.78, 5) is 11.2. The molecule has 0 saturated carbocycles. The second kappa shape index (κ2) is 5.24. The fourth-order valence-corrected chi connectivity index (χ4v) is 3.50. The molecule has 0 radical (unpaired) electrons. The first-order chi connectivity index (χ1) is 10.0. The van der Waals surface area contributed by atoms with Gasteiger partial charge in [0.1, 0.15) is 16.5 Å². The molecule has 0 amide bonds. The Bertz CT molecular complexity index is 845. The summed E-state index contributed by atoms with van der Waals surface area (Å²) in [5.41, 5.74) is 1.80. The van der Waals surface area contributed by atoms with E-state index in [4.69, 9.17) is 11.6 Å². The molecule has 0 fully saturated rings. The Morgan fingerprint density at radius 3 is 2.67 bits per heavy atom. The molecule has 21 heavy (non-hydrogen) atoms. The van der Waals surface area contributed by atoms with Crippen molar-refractivity contribution in [2.45, 2.75) is 13.8 Å². The summed E-state index contributed by atoms with van der Waals surface area (Å²) in [6.45, 7) is 4.12. The van der Waals surface area contributed by atoms with E-state index in [1.165, 1.54) is 22.6 Å². The molecule has 0 bridgehead atoms. The van der Waals surface area contributed by atoms with E-state index in [0.29, 0.717) is 16.4 Å². The standard InChI is InChI=1S/C15H13ClFN3S/c1-7-8(2)21-15-12(7)14(18-3)19-13(20-15)10-5-4-9(17)6-11(10)16/h4-6H,1-3H3,(H,18,19,20). The van der Waals surface area contributed by atoms with Crippen LogP contribution in [0, 0.1) is 19.7 Å². The van der Waals surface area contributed by atoms with Crippen molar-refractivity contribution in [3.63, 3.8) is 0 Å². The third kappa shape index (κ3) is 2.36. The van der Waals surface area contributed by atoms with Gasteiger partial charge < -0.3 is 5.32 Å². The molecule has 0 aliphatic carbocycles. The number of hydrogen-bond donors (Lipinski definition) is 1. The fourth-order valence-electron chi connectivity index (χ4n) is 2.22. The van der Waals surface area contributed by atoms with Crippen molar-refractivity contribution >= 4 is 39.0 Å². The number of nitrogens with zero attached hydrogens (tertiary/aromatic N) is 2. The maximum absolute atomic E-state index is 13.2. The molecule has 3 nitrogen and oxygen atoms in total. The van der Waals surface area contributed by atoms with Gasteiger partial charge in [0, 0.05) is 17.5 Å². The van der Waals surface area contributed by atoms with E-state index >= 15 is 0 Å². The van der Waals surface area contributed by atoms with Crippen molar-refractivity contribution in [2.75, 3.05) is 12.4 Å². The Kier molecular flexibility index (Phi) is 3.55. The molecule has 0 atom stereocenters. The number of benzene rings is 1. The molecule has 1 aromatic carbocycles. The topological polar surface area (TPSA) is 37.8 Å². The highest BCUT2D eigenvalue weighted by molar-refractivity contribution is 7.18. The highest BCUT2D eigenvalue weighted by atomic mass is 35.5. The van der Waals surface area contributed by atoms with Crippen molar-refractivity contribution in [2.24, 2.45) is 0 Å². The van der Waals surface area contributed by atoms with E-state index in [2.05, 4.69) is 29.1 Å². The average Bonchev–Trinajstić information content (AvgIpc) is 2.73. The number of aromatic nitrogens is 2. The van der Waals surface area contributed by atoms with Crippen LogP contribution in [0.1, 0.15) is 10.4 Å². The SMILES string of the molecule is CNc1nc(-c2ccc(F)cc2Cl)nc2sc(C)c(C)c12. The summed E-state index contributed by atoms with van der Waals surface area (Å²) in [5.74, 6) is 0.886. The number of thiophene rings is 1. The lowest BCUT2D eigenvalue weighted by molar-refractivity contribution is 0.628. The molecule has 3 aromatic rings. The molecular formula is C15H13ClFN3S. The summed E-state index contributed by atoms with van der Waals surface area (Å²) in [6.07, 6.45) is 0. The van der Waals surface area contributed by atoms with Crippen molar-refractivity contribution in [3.05, 3.63) is 39.5 Å². The zero-order valence-electron chi connectivity index (χ0n) is 11.8. The van der Waals surface area contributed by atoms with Crippen LogP contribution in [0.4, 0.5) is 10.2 Å². The van der Waals surface area contributed by atoms with Crippen LogP contribution in [-0.2, 0) is 0 Å². The van der Waals surface area contributed by atoms with Gasteiger partial charge in [-0.3, -0.25) is 0 Å². The van der Waals surface area contributed by atoms with Gasteiger partial charge in [-0.25, -0.2) is 14.4 Å². The quantitative estimate of drug-likeness (QED) is 0.736. The summed E-state index contributed by atoms with van der Waals surface area (Å²) in [5, 5.41) is 4.44. The summed E-state index contributed by atoms with van der Waals surface area (Å²) < 4.78 is 13.2. The molecule has 0 aliphatic rings. The van der Waals surface area contributed by atoms with Gasteiger partial charge in [0.25, 0.3) is 0 Å². The maximum Gasteiger partial charge on any atom is 0.164 e. The van der Waals surface area contributed by atoms with E-state index in [0.717, 1.165) is 16.0 Å². The molecule has 2 heterocycles. The number of aryl methyl sites for hydroxylation is 2. The fraction of sp³-hybridized carbons (Fsp3) is 0.200. The van der Waals surface area contributed by atoms with E-state index in [1.54, 1.807) is 17.4 Å². The molecule has 1 N–H and O–H groups in total. The summed E-state index contributed by atoms with van der Waals surface area (Å²) >= 11 is 7.73. The Balaban J connectivity index is 2.29. The molecular weight excluding hydrogens is 309 g/mol. The smallest absolute Gasteiger partial charge is 0.164 e. The zero-order valence-corrected chi connectivity index (χ0v) is 13.4. The van der Waals surface area contributed by atoms with E-state index in [9.17, 15) is 4.39 Å². The summed E-state index contributed by atoms with van der Waals surface area (Å²) in [6, 6.07) is 4.23. The van der Waals surface area contributed by atoms with Gasteiger partial charge in [0.15, 0.2) is 5.82 Å². The second-order valence-corrected chi connectivity index (χ2v) is 6.34. The van der Waals surface area contributed by atoms with Crippen LogP contribution >= 0.6 is 22.9 Å². The Morgan fingerprint density at radius 2 is 2.00 bits per heavy atom. The lowest BCUT2D eigenvalue weighted by Gasteiger charge is -2.07. The van der Waals surface area contributed by atoms with Crippen LogP contribution in [-0.4, -0.2) is 17.0 Å². The second-order valence-electron chi connectivity index (χ2n) is 4.73. The summed E-state index contributed by atoms with van der Waals surface area (Å²) in [7, 11) is 1.82. The van der Waals surface area contributed by atoms with Crippen LogP contribution in [0.5, 0.6) is 0 Å². The van der Waals surface area contributed by atoms with Gasteiger partial charge in [0.2, 0.25) is 0 Å². The minimum absolute atomic E-state index is 0.307. The monoisotopic (exact) mass is 321 g/mol. The number of halogens is 2. The first-order valence-electron chi connectivity index (χ1n) is 6.42. The lowest BCUT2D eigenvalue weighted by atomic mass is 10.2. The highest BCUT2D eigenvalue weighted by Gasteiger charge is 2.16. The normalized spacial score (nSPS) is 11.1. The van der Waals surface area contributed by atoms with Gasteiger partial charge in [-0.15, -0.1) is 11.3 Å². The number of hydrogen-bond acceptors (Lipinski definition) is 4. The first kappa shape index (κ1) is 14.2. The predicted octanol–water partition coefficient (Wildman–Crippen LogP) is 4.81. The third-order valence-corrected chi connectivity index (χ3v) is 4.85. The van der Waals surface area contributed by atoms with Crippen LogP contribution in [0.2, 0.25) is 5.02 Å². The third-order valence-electron chi connectivity index (χ3n) is 3.44. The number of nitrogens with one attached hydrogen (secondary N) is 1. The van der Waals surface area contributed by atoms with Crippen molar-refractivity contribution in [3.8, 4) is 11.4 Å². The first-order valence-corrected chi connectivity index (χ1v) is 7.61. The van der Waals surface area contributed by atoms with Crippen LogP contribution < -0.4 is 5.32 Å². The molecule has 0 saturated heterocycles. The van der Waals surface area contributed by atoms with Crippen LogP contribution in [0.25, 0.3) is 21.6 Å². The molecule has 3 rings (SSSR count). The maximum atomic E-state index is 13.2. The molecule has 108 valence electrons. The molecule has 6 heteroatoms. The van der Waals surface area contributed by atoms with Crippen molar-refractivity contribution in [1.29, 1.82) is 0 Å². The Labute approximate surface area is 130 Å². The zero-order chi connectivity index (χ0) is 15.1. The van der Waals surface area contributed by atoms with E-state index in [1.807, 2.05) is 7.05 Å². The minimum atomic E-state index is -0.374. The molecule has 0 aliphatic heterocycles. The van der Waals surface area contributed by atoms with Gasteiger partial charge in [-0.05, 0) is 37.6 Å². The largest absolute Gasteiger partial charge is 0.372 e. The Morgan fingerprint density at radius 1 is 1.24 bits per heavy atom. The molecule has 2 aromatic heterocycles. The number of anilines is 1. The van der Waals surface area contributed by atoms with Crippen LogP contribution in [0.3, 0.4) is 0 Å². The Hall–Kier alpha value is -1.72. The van der Waals surface area contributed by atoms with Gasteiger partial charge in [-0.2, -0.15) is 0 Å².